The van der Waals surface area contributed by atoms with Gasteiger partial charge in [-0.15, -0.1) is 0 Å². The number of rotatable bonds is 2. The zero-order valence-corrected chi connectivity index (χ0v) is 14.9. The summed E-state index contributed by atoms with van der Waals surface area (Å²) in [7, 11) is 0. The Bertz CT molecular complexity index is 1040. The van der Waals surface area contributed by atoms with E-state index in [0.717, 1.165) is 19.4 Å². The number of aromatic nitrogens is 1. The highest BCUT2D eigenvalue weighted by Gasteiger charge is 2.46. The average Bonchev–Trinajstić information content (AvgIpc) is 3.37. The first-order valence-corrected chi connectivity index (χ1v) is 9.18. The summed E-state index contributed by atoms with van der Waals surface area (Å²) in [5.41, 5.74) is -0.131. The van der Waals surface area contributed by atoms with Crippen LogP contribution in [0.15, 0.2) is 17.1 Å². The Hall–Kier alpha value is -2.61. The first-order valence-electron chi connectivity index (χ1n) is 9.18. The van der Waals surface area contributed by atoms with Gasteiger partial charge < -0.3 is 24.6 Å². The Kier molecular flexibility index (Phi) is 3.34. The van der Waals surface area contributed by atoms with Gasteiger partial charge in [0.25, 0.3) is 0 Å². The van der Waals surface area contributed by atoms with Gasteiger partial charge in [0.1, 0.15) is 17.9 Å². The van der Waals surface area contributed by atoms with E-state index in [9.17, 15) is 14.7 Å². The first-order chi connectivity index (χ1) is 12.9. The van der Waals surface area contributed by atoms with Gasteiger partial charge in [0.15, 0.2) is 11.6 Å². The number of aromatic carboxylic acids is 1. The van der Waals surface area contributed by atoms with Crippen LogP contribution in [-0.4, -0.2) is 47.4 Å². The van der Waals surface area contributed by atoms with Crippen molar-refractivity contribution in [3.05, 3.63) is 33.9 Å². The third-order valence-corrected chi connectivity index (χ3v) is 5.92. The van der Waals surface area contributed by atoms with E-state index < -0.39 is 17.2 Å². The van der Waals surface area contributed by atoms with E-state index in [-0.39, 0.29) is 29.1 Å². The van der Waals surface area contributed by atoms with Crippen LogP contribution in [0.1, 0.15) is 36.2 Å². The third kappa shape index (κ3) is 2.36. The van der Waals surface area contributed by atoms with Gasteiger partial charge in [-0.1, -0.05) is 0 Å². The molecular weight excluding hydrogens is 353 g/mol. The molecule has 7 nitrogen and oxygen atoms in total. The highest BCUT2D eigenvalue weighted by atomic mass is 19.1. The fourth-order valence-corrected chi connectivity index (χ4v) is 4.29. The first kappa shape index (κ1) is 16.6. The molecule has 1 spiro atoms. The second-order valence-electron chi connectivity index (χ2n) is 7.81. The van der Waals surface area contributed by atoms with Crippen molar-refractivity contribution in [2.24, 2.45) is 0 Å². The molecule has 2 fully saturated rings. The van der Waals surface area contributed by atoms with Crippen LogP contribution in [0.25, 0.3) is 10.9 Å². The molecule has 1 atom stereocenters. The molecule has 27 heavy (non-hydrogen) atoms. The minimum atomic E-state index is -1.31. The molecule has 0 bridgehead atoms. The Morgan fingerprint density at radius 3 is 2.93 bits per heavy atom. The molecule has 1 saturated heterocycles. The lowest BCUT2D eigenvalue weighted by atomic mass is 10.0. The van der Waals surface area contributed by atoms with E-state index in [0.29, 0.717) is 30.0 Å². The van der Waals surface area contributed by atoms with Crippen LogP contribution in [0, 0.1) is 5.82 Å². The van der Waals surface area contributed by atoms with Crippen molar-refractivity contribution in [1.29, 1.82) is 0 Å². The van der Waals surface area contributed by atoms with E-state index >= 15 is 4.39 Å². The van der Waals surface area contributed by atoms with Gasteiger partial charge in [-0.2, -0.15) is 0 Å². The van der Waals surface area contributed by atoms with Crippen LogP contribution >= 0.6 is 0 Å². The zero-order valence-electron chi connectivity index (χ0n) is 14.9. The summed E-state index contributed by atoms with van der Waals surface area (Å²) in [6.45, 7) is 4.27. The summed E-state index contributed by atoms with van der Waals surface area (Å²) < 4.78 is 22.8. The van der Waals surface area contributed by atoms with Crippen LogP contribution in [0.5, 0.6) is 5.75 Å². The van der Waals surface area contributed by atoms with Gasteiger partial charge >= 0.3 is 5.97 Å². The Labute approximate surface area is 154 Å². The second kappa shape index (κ2) is 5.45. The number of piperazine rings is 1. The fraction of sp³-hybridized carbons (Fsp3) is 0.474. The SMILES string of the molecule is C[C@H]1COc2c(N3CCNC4(CC4)C3)c(F)cc3c(=O)c(C(=O)O)cn1c23. The Morgan fingerprint density at radius 1 is 1.44 bits per heavy atom. The van der Waals surface area contributed by atoms with Crippen molar-refractivity contribution < 1.29 is 19.0 Å². The number of hydrogen-bond donors (Lipinski definition) is 2. The van der Waals surface area contributed by atoms with Crippen molar-refractivity contribution in [3.63, 3.8) is 0 Å². The number of hydrogen-bond acceptors (Lipinski definition) is 5. The van der Waals surface area contributed by atoms with Crippen molar-refractivity contribution in [3.8, 4) is 5.75 Å². The lowest BCUT2D eigenvalue weighted by molar-refractivity contribution is 0.0694. The monoisotopic (exact) mass is 373 g/mol. The van der Waals surface area contributed by atoms with E-state index in [1.165, 1.54) is 12.3 Å². The van der Waals surface area contributed by atoms with Crippen molar-refractivity contribution in [2.75, 3.05) is 31.1 Å². The number of carboxylic acid groups (broad SMARTS) is 1. The number of carboxylic acids is 1. The van der Waals surface area contributed by atoms with Gasteiger partial charge in [-0.3, -0.25) is 4.79 Å². The summed E-state index contributed by atoms with van der Waals surface area (Å²) in [5, 5.41) is 12.9. The van der Waals surface area contributed by atoms with E-state index in [1.807, 2.05) is 11.8 Å². The number of benzene rings is 1. The van der Waals surface area contributed by atoms with Gasteiger partial charge in [0.2, 0.25) is 5.43 Å². The predicted octanol–water partition coefficient (Wildman–Crippen LogP) is 1.73. The van der Waals surface area contributed by atoms with Crippen LogP contribution in [0.2, 0.25) is 0 Å². The minimum Gasteiger partial charge on any atom is -0.487 e. The second-order valence-corrected chi connectivity index (χ2v) is 7.81. The number of ether oxygens (including phenoxy) is 1. The van der Waals surface area contributed by atoms with Crippen molar-refractivity contribution >= 4 is 22.6 Å². The minimum absolute atomic E-state index is 0.0500. The summed E-state index contributed by atoms with van der Waals surface area (Å²) in [6.07, 6.45) is 3.49. The molecule has 2 aliphatic heterocycles. The number of pyridine rings is 1. The highest BCUT2D eigenvalue weighted by Crippen LogP contribution is 2.45. The van der Waals surface area contributed by atoms with Gasteiger partial charge in [0.05, 0.1) is 16.9 Å². The molecule has 5 rings (SSSR count). The topological polar surface area (TPSA) is 83.8 Å². The molecular formula is C19H20FN3O4. The van der Waals surface area contributed by atoms with Crippen LogP contribution < -0.4 is 20.4 Å². The molecule has 1 aromatic carbocycles. The largest absolute Gasteiger partial charge is 0.487 e. The molecule has 3 aliphatic rings. The molecule has 0 radical (unpaired) electrons. The molecule has 0 unspecified atom stereocenters. The molecule has 1 aliphatic carbocycles. The molecule has 2 aromatic rings. The molecule has 8 heteroatoms. The number of halogens is 1. The Balaban J connectivity index is 1.77. The van der Waals surface area contributed by atoms with Crippen LogP contribution in [0.4, 0.5) is 10.1 Å². The summed E-state index contributed by atoms with van der Waals surface area (Å²) in [6, 6.07) is 1.01. The maximum absolute atomic E-state index is 15.2. The van der Waals surface area contributed by atoms with Gasteiger partial charge in [-0.25, -0.2) is 9.18 Å². The molecule has 0 amide bonds. The number of nitrogens with zero attached hydrogens (tertiary/aromatic N) is 2. The molecule has 2 N–H and O–H groups in total. The lowest BCUT2D eigenvalue weighted by Crippen LogP contribution is -2.53. The Morgan fingerprint density at radius 2 is 2.22 bits per heavy atom. The van der Waals surface area contributed by atoms with E-state index in [2.05, 4.69) is 5.32 Å². The maximum atomic E-state index is 15.2. The molecule has 1 saturated carbocycles. The highest BCUT2D eigenvalue weighted by molar-refractivity contribution is 5.97. The maximum Gasteiger partial charge on any atom is 0.341 e. The lowest BCUT2D eigenvalue weighted by Gasteiger charge is -2.38. The van der Waals surface area contributed by atoms with Crippen LogP contribution in [-0.2, 0) is 0 Å². The summed E-state index contributed by atoms with van der Waals surface area (Å²) >= 11 is 0. The quantitative estimate of drug-likeness (QED) is 0.834. The van der Waals surface area contributed by atoms with E-state index in [4.69, 9.17) is 4.74 Å². The normalized spacial score (nSPS) is 22.7. The fourth-order valence-electron chi connectivity index (χ4n) is 4.29. The number of anilines is 1. The predicted molar refractivity (Wildman–Crippen MR) is 97.5 cm³/mol. The molecule has 1 aromatic heterocycles. The van der Waals surface area contributed by atoms with E-state index in [1.54, 1.807) is 4.57 Å². The third-order valence-electron chi connectivity index (χ3n) is 5.92. The number of carbonyl (C=O) groups is 1. The van der Waals surface area contributed by atoms with Gasteiger partial charge in [0, 0.05) is 31.4 Å². The zero-order chi connectivity index (χ0) is 18.9. The smallest absolute Gasteiger partial charge is 0.341 e. The molecule has 3 heterocycles. The number of nitrogens with one attached hydrogen (secondary N) is 1. The standard InChI is InChI=1S/C19H20FN3O4/c1-10-8-27-17-14-11(16(24)12(18(25)26)7-23(10)14)6-13(20)15(17)22-5-4-21-19(9-22)2-3-19/h6-7,10,21H,2-5,8-9H2,1H3,(H,25,26)/t10-/m0/s1. The summed E-state index contributed by atoms with van der Waals surface area (Å²) in [4.78, 5) is 26.1. The van der Waals surface area contributed by atoms with Crippen molar-refractivity contribution in [1.82, 2.24) is 9.88 Å². The molecule has 142 valence electrons. The van der Waals surface area contributed by atoms with Gasteiger partial charge in [-0.05, 0) is 25.8 Å². The van der Waals surface area contributed by atoms with Crippen molar-refractivity contribution in [2.45, 2.75) is 31.3 Å². The summed E-state index contributed by atoms with van der Waals surface area (Å²) in [5.74, 6) is -1.51. The van der Waals surface area contributed by atoms with Crippen LogP contribution in [0.3, 0.4) is 0 Å². The average molecular weight is 373 g/mol.